The normalized spacial score (nSPS) is 13.4. The Bertz CT molecular complexity index is 928. The van der Waals surface area contributed by atoms with Gasteiger partial charge in [-0.2, -0.15) is 10.1 Å². The average Bonchev–Trinajstić information content (AvgIpc) is 3.40. The van der Waals surface area contributed by atoms with E-state index in [1.165, 1.54) is 24.8 Å². The predicted molar refractivity (Wildman–Crippen MR) is 102 cm³/mol. The van der Waals surface area contributed by atoms with E-state index in [-0.39, 0.29) is 0 Å². The minimum Gasteiger partial charge on any atom is -0.398 e. The third-order valence-electron chi connectivity index (χ3n) is 4.34. The van der Waals surface area contributed by atoms with E-state index in [9.17, 15) is 0 Å². The Hall–Kier alpha value is -3.42. The Balaban J connectivity index is 1.44. The Morgan fingerprint density at radius 2 is 2.15 bits per heavy atom. The van der Waals surface area contributed by atoms with E-state index in [4.69, 9.17) is 11.1 Å². The summed E-state index contributed by atoms with van der Waals surface area (Å²) >= 11 is 0. The van der Waals surface area contributed by atoms with Gasteiger partial charge in [0, 0.05) is 47.9 Å². The minimum absolute atomic E-state index is 0.480. The average molecular weight is 348 g/mol. The van der Waals surface area contributed by atoms with E-state index in [2.05, 4.69) is 30.8 Å². The number of aromatic nitrogens is 4. The fraction of sp³-hybridized carbons (Fsp3) is 0.222. The van der Waals surface area contributed by atoms with Crippen molar-refractivity contribution in [2.24, 2.45) is 0 Å². The quantitative estimate of drug-likeness (QED) is 0.330. The third-order valence-corrected chi connectivity index (χ3v) is 4.34. The summed E-state index contributed by atoms with van der Waals surface area (Å²) in [6, 6.07) is 9.39. The number of H-pyrrole nitrogens is 1. The van der Waals surface area contributed by atoms with E-state index >= 15 is 0 Å². The summed E-state index contributed by atoms with van der Waals surface area (Å²) in [5.41, 5.74) is 9.29. The summed E-state index contributed by atoms with van der Waals surface area (Å²) in [6.45, 7) is 0.480. The van der Waals surface area contributed by atoms with Crippen LogP contribution in [-0.2, 0) is 6.54 Å². The number of benzene rings is 1. The molecule has 3 aromatic rings. The van der Waals surface area contributed by atoms with E-state index < -0.39 is 0 Å². The zero-order valence-corrected chi connectivity index (χ0v) is 14.2. The van der Waals surface area contributed by atoms with E-state index in [1.807, 2.05) is 18.2 Å². The van der Waals surface area contributed by atoms with Crippen LogP contribution >= 0.6 is 0 Å². The third kappa shape index (κ3) is 3.49. The number of nitrogen functional groups attached to an aromatic ring is 1. The standard InChI is InChI=1S/C18H20N8/c19-9-13-12(2-1-3-14(13)20)10-22-18-21-7-6-16(24-18)23-17-8-15(25-26-17)11-4-5-11/h1-3,6-9,11,19H,4-5,10,20H2,(H3,21,22,23,24,25,26). The van der Waals surface area contributed by atoms with Crippen molar-refractivity contribution < 1.29 is 0 Å². The smallest absolute Gasteiger partial charge is 0.224 e. The second kappa shape index (κ2) is 6.83. The number of hydrogen-bond donors (Lipinski definition) is 5. The first-order chi connectivity index (χ1) is 12.7. The van der Waals surface area contributed by atoms with Crippen molar-refractivity contribution in [3.05, 3.63) is 53.3 Å². The van der Waals surface area contributed by atoms with Gasteiger partial charge in [0.25, 0.3) is 0 Å². The summed E-state index contributed by atoms with van der Waals surface area (Å²) < 4.78 is 0. The molecule has 0 spiro atoms. The first-order valence-corrected chi connectivity index (χ1v) is 8.50. The number of anilines is 4. The Morgan fingerprint density at radius 1 is 1.27 bits per heavy atom. The Morgan fingerprint density at radius 3 is 2.96 bits per heavy atom. The summed E-state index contributed by atoms with van der Waals surface area (Å²) in [5, 5.41) is 21.2. The van der Waals surface area contributed by atoms with Gasteiger partial charge in [-0.15, -0.1) is 0 Å². The van der Waals surface area contributed by atoms with E-state index in [0.29, 0.717) is 35.5 Å². The van der Waals surface area contributed by atoms with Crippen molar-refractivity contribution in [3.63, 3.8) is 0 Å². The van der Waals surface area contributed by atoms with Crippen LogP contribution in [0.5, 0.6) is 0 Å². The van der Waals surface area contributed by atoms with Crippen LogP contribution < -0.4 is 16.4 Å². The maximum Gasteiger partial charge on any atom is 0.224 e. The van der Waals surface area contributed by atoms with Crippen molar-refractivity contribution in [1.29, 1.82) is 5.41 Å². The van der Waals surface area contributed by atoms with Crippen LogP contribution in [0.4, 0.5) is 23.3 Å². The molecular weight excluding hydrogens is 328 g/mol. The van der Waals surface area contributed by atoms with Crippen molar-refractivity contribution >= 4 is 29.5 Å². The van der Waals surface area contributed by atoms with E-state index in [1.54, 1.807) is 18.3 Å². The first-order valence-electron chi connectivity index (χ1n) is 8.50. The lowest BCUT2D eigenvalue weighted by atomic mass is 10.1. The molecule has 2 heterocycles. The van der Waals surface area contributed by atoms with Gasteiger partial charge in [0.1, 0.15) is 5.82 Å². The molecule has 1 fully saturated rings. The van der Waals surface area contributed by atoms with Crippen molar-refractivity contribution in [2.45, 2.75) is 25.3 Å². The molecule has 1 aliphatic carbocycles. The topological polar surface area (TPSA) is 128 Å². The highest BCUT2D eigenvalue weighted by molar-refractivity contribution is 5.87. The molecule has 0 aliphatic heterocycles. The van der Waals surface area contributed by atoms with Crippen LogP contribution in [0.3, 0.4) is 0 Å². The molecule has 0 unspecified atom stereocenters. The summed E-state index contributed by atoms with van der Waals surface area (Å²) in [5.74, 6) is 2.53. The van der Waals surface area contributed by atoms with Crippen LogP contribution in [0.1, 0.15) is 35.6 Å². The second-order valence-electron chi connectivity index (χ2n) is 6.29. The first kappa shape index (κ1) is 16.1. The van der Waals surface area contributed by atoms with Crippen LogP contribution in [0, 0.1) is 5.41 Å². The Labute approximate surface area is 150 Å². The molecule has 26 heavy (non-hydrogen) atoms. The lowest BCUT2D eigenvalue weighted by Crippen LogP contribution is -2.08. The summed E-state index contributed by atoms with van der Waals surface area (Å²) in [7, 11) is 0. The largest absolute Gasteiger partial charge is 0.398 e. The lowest BCUT2D eigenvalue weighted by Gasteiger charge is -2.10. The van der Waals surface area contributed by atoms with Crippen molar-refractivity contribution in [1.82, 2.24) is 20.2 Å². The van der Waals surface area contributed by atoms with Crippen LogP contribution in [-0.4, -0.2) is 26.4 Å². The Kier molecular flexibility index (Phi) is 4.22. The van der Waals surface area contributed by atoms with Gasteiger partial charge in [0.2, 0.25) is 5.95 Å². The monoisotopic (exact) mass is 348 g/mol. The molecule has 6 N–H and O–H groups in total. The van der Waals surface area contributed by atoms with Gasteiger partial charge in [0.15, 0.2) is 5.82 Å². The van der Waals surface area contributed by atoms with Gasteiger partial charge in [-0.1, -0.05) is 12.1 Å². The summed E-state index contributed by atoms with van der Waals surface area (Å²) in [6.07, 6.45) is 5.40. The van der Waals surface area contributed by atoms with Crippen molar-refractivity contribution in [2.75, 3.05) is 16.4 Å². The zero-order chi connectivity index (χ0) is 17.9. The van der Waals surface area contributed by atoms with Gasteiger partial charge in [-0.25, -0.2) is 4.98 Å². The number of nitrogens with one attached hydrogen (secondary N) is 4. The fourth-order valence-corrected chi connectivity index (χ4v) is 2.79. The number of hydrogen-bond acceptors (Lipinski definition) is 7. The highest BCUT2D eigenvalue weighted by Crippen LogP contribution is 2.39. The maximum atomic E-state index is 7.52. The lowest BCUT2D eigenvalue weighted by molar-refractivity contribution is 0.966. The van der Waals surface area contributed by atoms with Crippen LogP contribution in [0.2, 0.25) is 0 Å². The summed E-state index contributed by atoms with van der Waals surface area (Å²) in [4.78, 5) is 8.69. The molecule has 4 rings (SSSR count). The van der Waals surface area contributed by atoms with Crippen molar-refractivity contribution in [3.8, 4) is 0 Å². The second-order valence-corrected chi connectivity index (χ2v) is 6.29. The predicted octanol–water partition coefficient (Wildman–Crippen LogP) is 3.01. The number of nitrogens with two attached hydrogens (primary N) is 1. The highest BCUT2D eigenvalue weighted by Gasteiger charge is 2.25. The van der Waals surface area contributed by atoms with Crippen LogP contribution in [0.15, 0.2) is 36.5 Å². The molecule has 0 bridgehead atoms. The minimum atomic E-state index is 0.480. The molecule has 0 radical (unpaired) electrons. The molecule has 132 valence electrons. The fourth-order valence-electron chi connectivity index (χ4n) is 2.79. The molecule has 0 saturated heterocycles. The van der Waals surface area contributed by atoms with Gasteiger partial charge < -0.3 is 21.8 Å². The van der Waals surface area contributed by atoms with Crippen LogP contribution in [0.25, 0.3) is 0 Å². The maximum absolute atomic E-state index is 7.52. The molecule has 1 aliphatic rings. The SMILES string of the molecule is N=Cc1c(N)cccc1CNc1nccc(Nc2cc(C3CC3)[nH]n2)n1. The molecule has 0 atom stereocenters. The van der Waals surface area contributed by atoms with Gasteiger partial charge in [0.05, 0.1) is 0 Å². The molecule has 0 amide bonds. The molecule has 1 aromatic carbocycles. The molecular formula is C18H20N8. The van der Waals surface area contributed by atoms with Gasteiger partial charge >= 0.3 is 0 Å². The molecule has 8 nitrogen and oxygen atoms in total. The number of nitrogens with zero attached hydrogens (tertiary/aromatic N) is 3. The zero-order valence-electron chi connectivity index (χ0n) is 14.2. The molecule has 8 heteroatoms. The van der Waals surface area contributed by atoms with Gasteiger partial charge in [-0.3, -0.25) is 5.10 Å². The highest BCUT2D eigenvalue weighted by atomic mass is 15.2. The molecule has 2 aromatic heterocycles. The number of aromatic amines is 1. The number of rotatable bonds is 7. The molecule has 1 saturated carbocycles. The van der Waals surface area contributed by atoms with E-state index in [0.717, 1.165) is 11.4 Å². The van der Waals surface area contributed by atoms with Gasteiger partial charge in [-0.05, 0) is 30.5 Å².